The minimum atomic E-state index is -0.613. The molecule has 0 aromatic rings. The molecule has 8 nitrogen and oxygen atoms in total. The summed E-state index contributed by atoms with van der Waals surface area (Å²) in [6.07, 6.45) is 10.5. The topological polar surface area (TPSA) is 101 Å². The molecule has 0 aromatic carbocycles. The van der Waals surface area contributed by atoms with Gasteiger partial charge >= 0.3 is 17.9 Å². The number of cyclic esters (lactones) is 2. The van der Waals surface area contributed by atoms with Crippen LogP contribution in [0.15, 0.2) is 47.6 Å². The Kier molecular flexibility index (Phi) is 6.00. The standard InChI is InChI=1S/C27H32O8/c1-17-8-10-26-15-32-24(30)13-18(2)9-11-31-22(28)6-4-5-7-23(29)35-19-14-21(34-20(26)12-17)27(16-33-27)25(19,26)3/h4-7,12-13,19-21H,8-11,14-16H2,1-3H3/b6-4+,7-5-,18-13+/t19-,20-,21?,25-,26-,27+/m1/s1. The molecule has 0 radical (unpaired) electrons. The van der Waals surface area contributed by atoms with E-state index in [-0.39, 0.29) is 25.4 Å². The van der Waals surface area contributed by atoms with Crippen LogP contribution in [0.1, 0.15) is 46.5 Å². The van der Waals surface area contributed by atoms with Gasteiger partial charge in [0.05, 0.1) is 30.8 Å². The average Bonchev–Trinajstić information content (AvgIpc) is 3.58. The normalized spacial score (nSPS) is 44.9. The molecule has 3 heterocycles. The van der Waals surface area contributed by atoms with Crippen LogP contribution >= 0.6 is 0 Å². The van der Waals surface area contributed by atoms with Gasteiger partial charge in [0, 0.05) is 36.5 Å². The van der Waals surface area contributed by atoms with Crippen molar-refractivity contribution in [3.63, 3.8) is 0 Å². The first-order valence-electron chi connectivity index (χ1n) is 12.2. The first-order chi connectivity index (χ1) is 16.7. The molecule has 5 aliphatic rings. The summed E-state index contributed by atoms with van der Waals surface area (Å²) >= 11 is 0. The van der Waals surface area contributed by atoms with Gasteiger partial charge in [-0.3, -0.25) is 0 Å². The summed E-state index contributed by atoms with van der Waals surface area (Å²) in [5.41, 5.74) is 0.194. The zero-order chi connectivity index (χ0) is 24.8. The van der Waals surface area contributed by atoms with Crippen LogP contribution in [0.2, 0.25) is 0 Å². The minimum absolute atomic E-state index is 0.125. The SMILES string of the molecule is CC1=C[C@H]2OC3C[C@H]4OC(=O)/C=C\C=C\C(=O)OCC/C(C)=C/C(=O)OC[C@@]2(CC1)[C@]4(C)[C@]31CO1. The highest BCUT2D eigenvalue weighted by atomic mass is 16.6. The van der Waals surface area contributed by atoms with Crippen LogP contribution in [0.3, 0.4) is 0 Å². The zero-order valence-corrected chi connectivity index (χ0v) is 20.4. The summed E-state index contributed by atoms with van der Waals surface area (Å²) < 4.78 is 29.7. The van der Waals surface area contributed by atoms with Crippen LogP contribution in [0.25, 0.3) is 0 Å². The first-order valence-corrected chi connectivity index (χ1v) is 12.2. The van der Waals surface area contributed by atoms with Crippen molar-refractivity contribution in [3.05, 3.63) is 47.6 Å². The molecular formula is C27H32O8. The summed E-state index contributed by atoms with van der Waals surface area (Å²) in [6, 6.07) is 0. The quantitative estimate of drug-likeness (QED) is 0.224. The van der Waals surface area contributed by atoms with Crippen molar-refractivity contribution in [2.75, 3.05) is 19.8 Å². The number of epoxide rings is 1. The molecule has 2 aliphatic carbocycles. The van der Waals surface area contributed by atoms with Crippen molar-refractivity contribution in [2.45, 2.75) is 70.4 Å². The fraction of sp³-hybridized carbons (Fsp3) is 0.593. The second-order valence-electron chi connectivity index (χ2n) is 10.5. The molecule has 2 bridgehead atoms. The molecule has 6 atom stereocenters. The van der Waals surface area contributed by atoms with Gasteiger partial charge in [-0.05, 0) is 26.7 Å². The Hall–Kier alpha value is -2.71. The Morgan fingerprint density at radius 2 is 1.63 bits per heavy atom. The van der Waals surface area contributed by atoms with E-state index in [0.717, 1.165) is 18.4 Å². The third kappa shape index (κ3) is 3.87. The van der Waals surface area contributed by atoms with Gasteiger partial charge in [0.15, 0.2) is 0 Å². The van der Waals surface area contributed by atoms with Gasteiger partial charge in [-0.1, -0.05) is 36.3 Å². The maximum Gasteiger partial charge on any atom is 0.331 e. The predicted octanol–water partition coefficient (Wildman–Crippen LogP) is 3.12. The zero-order valence-electron chi connectivity index (χ0n) is 20.4. The molecule has 8 heteroatoms. The highest BCUT2D eigenvalue weighted by molar-refractivity contribution is 5.85. The van der Waals surface area contributed by atoms with E-state index >= 15 is 0 Å². The number of carbonyl (C=O) groups excluding carboxylic acids is 3. The van der Waals surface area contributed by atoms with E-state index in [1.54, 1.807) is 6.92 Å². The number of esters is 3. The molecule has 0 aromatic heterocycles. The van der Waals surface area contributed by atoms with Crippen LogP contribution in [-0.2, 0) is 38.1 Å². The summed E-state index contributed by atoms with van der Waals surface area (Å²) in [6.45, 7) is 6.77. The van der Waals surface area contributed by atoms with Crippen molar-refractivity contribution in [2.24, 2.45) is 10.8 Å². The van der Waals surface area contributed by atoms with Gasteiger partial charge in [-0.15, -0.1) is 0 Å². The number of hydrogen-bond acceptors (Lipinski definition) is 8. The third-order valence-corrected chi connectivity index (χ3v) is 8.63. The predicted molar refractivity (Wildman–Crippen MR) is 124 cm³/mol. The van der Waals surface area contributed by atoms with Crippen LogP contribution in [0.4, 0.5) is 0 Å². The maximum atomic E-state index is 12.8. The van der Waals surface area contributed by atoms with Gasteiger partial charge in [-0.25, -0.2) is 14.4 Å². The maximum absolute atomic E-state index is 12.8. The van der Waals surface area contributed by atoms with Gasteiger partial charge in [0.1, 0.15) is 18.3 Å². The Morgan fingerprint density at radius 1 is 0.886 bits per heavy atom. The van der Waals surface area contributed by atoms with Gasteiger partial charge < -0.3 is 23.7 Å². The lowest BCUT2D eigenvalue weighted by atomic mass is 9.51. The van der Waals surface area contributed by atoms with Crippen LogP contribution in [0, 0.1) is 10.8 Å². The van der Waals surface area contributed by atoms with E-state index in [9.17, 15) is 14.4 Å². The molecule has 3 fully saturated rings. The van der Waals surface area contributed by atoms with Gasteiger partial charge in [0.25, 0.3) is 0 Å². The summed E-state index contributed by atoms with van der Waals surface area (Å²) in [7, 11) is 0. The fourth-order valence-electron chi connectivity index (χ4n) is 6.46. The molecule has 0 amide bonds. The lowest BCUT2D eigenvalue weighted by Crippen LogP contribution is -2.66. The van der Waals surface area contributed by atoms with Crippen molar-refractivity contribution in [3.8, 4) is 0 Å². The summed E-state index contributed by atoms with van der Waals surface area (Å²) in [5, 5.41) is 0. The number of carbonyl (C=O) groups is 3. The molecule has 3 aliphatic heterocycles. The lowest BCUT2D eigenvalue weighted by Gasteiger charge is -2.58. The molecular weight excluding hydrogens is 452 g/mol. The van der Waals surface area contributed by atoms with E-state index in [2.05, 4.69) is 19.9 Å². The number of hydrogen-bond donors (Lipinski definition) is 0. The molecule has 1 unspecified atom stereocenters. The van der Waals surface area contributed by atoms with Gasteiger partial charge in [0.2, 0.25) is 0 Å². The third-order valence-electron chi connectivity index (χ3n) is 8.63. The van der Waals surface area contributed by atoms with Crippen LogP contribution in [0.5, 0.6) is 0 Å². The average molecular weight is 485 g/mol. The van der Waals surface area contributed by atoms with Crippen molar-refractivity contribution in [1.82, 2.24) is 0 Å². The summed E-state index contributed by atoms with van der Waals surface area (Å²) in [4.78, 5) is 37.4. The molecule has 35 heavy (non-hydrogen) atoms. The van der Waals surface area contributed by atoms with E-state index in [4.69, 9.17) is 23.7 Å². The van der Waals surface area contributed by atoms with Crippen molar-refractivity contribution >= 4 is 17.9 Å². The van der Waals surface area contributed by atoms with E-state index in [0.29, 0.717) is 19.4 Å². The van der Waals surface area contributed by atoms with Gasteiger partial charge in [-0.2, -0.15) is 0 Å². The van der Waals surface area contributed by atoms with Crippen LogP contribution in [-0.4, -0.2) is 61.6 Å². The van der Waals surface area contributed by atoms with E-state index in [1.807, 2.05) is 0 Å². The Labute approximate surface area is 204 Å². The largest absolute Gasteiger partial charge is 0.462 e. The number of rotatable bonds is 0. The fourth-order valence-corrected chi connectivity index (χ4v) is 6.46. The highest BCUT2D eigenvalue weighted by Gasteiger charge is 2.83. The molecule has 2 saturated heterocycles. The Bertz CT molecular complexity index is 1050. The summed E-state index contributed by atoms with van der Waals surface area (Å²) in [5.74, 6) is -1.50. The number of ether oxygens (including phenoxy) is 5. The second kappa shape index (κ2) is 8.75. The highest BCUT2D eigenvalue weighted by Crippen LogP contribution is 2.72. The van der Waals surface area contributed by atoms with E-state index < -0.39 is 40.4 Å². The minimum Gasteiger partial charge on any atom is -0.462 e. The molecule has 1 saturated carbocycles. The Morgan fingerprint density at radius 3 is 2.37 bits per heavy atom. The second-order valence-corrected chi connectivity index (χ2v) is 10.5. The smallest absolute Gasteiger partial charge is 0.331 e. The first kappa shape index (κ1) is 24.0. The van der Waals surface area contributed by atoms with Crippen molar-refractivity contribution in [1.29, 1.82) is 0 Å². The number of allylic oxidation sites excluding steroid dienone is 3. The van der Waals surface area contributed by atoms with Crippen LogP contribution < -0.4 is 0 Å². The van der Waals surface area contributed by atoms with Crippen molar-refractivity contribution < 1.29 is 38.1 Å². The molecule has 5 rings (SSSR count). The Balaban J connectivity index is 1.53. The molecule has 188 valence electrons. The molecule has 0 N–H and O–H groups in total. The van der Waals surface area contributed by atoms with E-state index in [1.165, 1.54) is 36.0 Å². The monoisotopic (exact) mass is 484 g/mol. The lowest BCUT2D eigenvalue weighted by molar-refractivity contribution is -0.232. The molecule has 2 spiro atoms.